The van der Waals surface area contributed by atoms with Gasteiger partial charge in [-0.1, -0.05) is 26.0 Å². The van der Waals surface area contributed by atoms with E-state index in [9.17, 15) is 4.79 Å². The maximum Gasteiger partial charge on any atom is 0.251 e. The summed E-state index contributed by atoms with van der Waals surface area (Å²) in [7, 11) is 0. The lowest BCUT2D eigenvalue weighted by atomic mass is 9.97. The van der Waals surface area contributed by atoms with Crippen molar-refractivity contribution in [1.82, 2.24) is 10.2 Å². The summed E-state index contributed by atoms with van der Waals surface area (Å²) in [5.74, 6) is 0.599. The summed E-state index contributed by atoms with van der Waals surface area (Å²) in [6.45, 7) is 8.47. The molecule has 3 heteroatoms. The fourth-order valence-electron chi connectivity index (χ4n) is 2.63. The molecular weight excluding hydrogens is 248 g/mol. The second-order valence-electron chi connectivity index (χ2n) is 5.74. The Morgan fingerprint density at radius 3 is 2.50 bits per heavy atom. The highest BCUT2D eigenvalue weighted by Gasteiger charge is 2.12. The van der Waals surface area contributed by atoms with E-state index in [0.29, 0.717) is 5.92 Å². The van der Waals surface area contributed by atoms with E-state index in [1.807, 2.05) is 12.1 Å². The van der Waals surface area contributed by atoms with Crippen LogP contribution in [0.2, 0.25) is 0 Å². The highest BCUT2D eigenvalue weighted by atomic mass is 16.1. The van der Waals surface area contributed by atoms with Gasteiger partial charge in [-0.2, -0.15) is 0 Å². The predicted molar refractivity (Wildman–Crippen MR) is 83.2 cm³/mol. The monoisotopic (exact) mass is 274 g/mol. The van der Waals surface area contributed by atoms with Crippen molar-refractivity contribution in [2.75, 3.05) is 26.2 Å². The fraction of sp³-hybridized carbons (Fsp3) is 0.588. The molecule has 0 saturated carbocycles. The zero-order valence-corrected chi connectivity index (χ0v) is 12.7. The van der Waals surface area contributed by atoms with E-state index in [1.54, 1.807) is 0 Å². The number of amides is 1. The number of rotatable bonds is 6. The average molecular weight is 274 g/mol. The minimum atomic E-state index is 0.0416. The fourth-order valence-corrected chi connectivity index (χ4v) is 2.63. The molecule has 110 valence electrons. The molecule has 0 aliphatic carbocycles. The molecule has 1 aromatic carbocycles. The molecule has 1 atom stereocenters. The zero-order chi connectivity index (χ0) is 14.4. The maximum absolute atomic E-state index is 12.0. The van der Waals surface area contributed by atoms with Crippen LogP contribution in [0.4, 0.5) is 0 Å². The van der Waals surface area contributed by atoms with Crippen LogP contribution in [0.25, 0.3) is 0 Å². The third kappa shape index (κ3) is 4.07. The first-order chi connectivity index (χ1) is 9.70. The highest BCUT2D eigenvalue weighted by Crippen LogP contribution is 2.18. The molecule has 1 heterocycles. The Kier molecular flexibility index (Phi) is 5.60. The predicted octanol–water partition coefficient (Wildman–Crippen LogP) is 3.03. The molecule has 1 aliphatic rings. The first-order valence-corrected chi connectivity index (χ1v) is 7.81. The van der Waals surface area contributed by atoms with Crippen LogP contribution in [0.15, 0.2) is 24.3 Å². The van der Waals surface area contributed by atoms with Gasteiger partial charge in [0.2, 0.25) is 0 Å². The SMILES string of the molecule is CCC(C)c1ccc(C(=O)NCCN2CCCC2)cc1. The summed E-state index contributed by atoms with van der Waals surface area (Å²) >= 11 is 0. The Hall–Kier alpha value is -1.35. The Morgan fingerprint density at radius 2 is 1.90 bits per heavy atom. The van der Waals surface area contributed by atoms with Crippen LogP contribution in [0, 0.1) is 0 Å². The number of benzene rings is 1. The molecule has 1 unspecified atom stereocenters. The van der Waals surface area contributed by atoms with Gasteiger partial charge in [0.25, 0.3) is 5.91 Å². The van der Waals surface area contributed by atoms with Crippen molar-refractivity contribution in [3.05, 3.63) is 35.4 Å². The van der Waals surface area contributed by atoms with Crippen molar-refractivity contribution >= 4 is 5.91 Å². The quantitative estimate of drug-likeness (QED) is 0.865. The molecule has 3 nitrogen and oxygen atoms in total. The van der Waals surface area contributed by atoms with Gasteiger partial charge in [-0.25, -0.2) is 0 Å². The molecule has 1 fully saturated rings. The zero-order valence-electron chi connectivity index (χ0n) is 12.7. The molecule has 1 aliphatic heterocycles. The first-order valence-electron chi connectivity index (χ1n) is 7.81. The average Bonchev–Trinajstić information content (AvgIpc) is 2.99. The van der Waals surface area contributed by atoms with Crippen LogP contribution in [0.3, 0.4) is 0 Å². The lowest BCUT2D eigenvalue weighted by molar-refractivity contribution is 0.0949. The largest absolute Gasteiger partial charge is 0.351 e. The summed E-state index contributed by atoms with van der Waals surface area (Å²) in [4.78, 5) is 14.4. The molecule has 0 aromatic heterocycles. The molecular formula is C17H26N2O. The topological polar surface area (TPSA) is 32.3 Å². The summed E-state index contributed by atoms with van der Waals surface area (Å²) in [5.41, 5.74) is 2.07. The molecule has 2 rings (SSSR count). The second kappa shape index (κ2) is 7.44. The number of carbonyl (C=O) groups is 1. The van der Waals surface area contributed by atoms with Gasteiger partial charge in [0.05, 0.1) is 0 Å². The van der Waals surface area contributed by atoms with E-state index < -0.39 is 0 Å². The van der Waals surface area contributed by atoms with Gasteiger partial charge in [-0.15, -0.1) is 0 Å². The number of nitrogens with zero attached hydrogens (tertiary/aromatic N) is 1. The molecule has 0 bridgehead atoms. The van der Waals surface area contributed by atoms with Crippen molar-refractivity contribution in [3.63, 3.8) is 0 Å². The van der Waals surface area contributed by atoms with E-state index in [2.05, 4.69) is 36.2 Å². The highest BCUT2D eigenvalue weighted by molar-refractivity contribution is 5.94. The molecule has 1 aromatic rings. The molecule has 0 spiro atoms. The maximum atomic E-state index is 12.0. The normalized spacial score (nSPS) is 17.1. The number of hydrogen-bond donors (Lipinski definition) is 1. The summed E-state index contributed by atoms with van der Waals surface area (Å²) in [6, 6.07) is 8.02. The number of carbonyl (C=O) groups excluding carboxylic acids is 1. The third-order valence-electron chi connectivity index (χ3n) is 4.27. The molecule has 20 heavy (non-hydrogen) atoms. The Morgan fingerprint density at radius 1 is 1.25 bits per heavy atom. The Labute approximate surface area is 122 Å². The standard InChI is InChI=1S/C17H26N2O/c1-3-14(2)15-6-8-16(9-7-15)17(20)18-10-13-19-11-4-5-12-19/h6-9,14H,3-5,10-13H2,1-2H3,(H,18,20). The van der Waals surface area contributed by atoms with Gasteiger partial charge in [0.15, 0.2) is 0 Å². The van der Waals surface area contributed by atoms with Crippen molar-refractivity contribution in [3.8, 4) is 0 Å². The van der Waals surface area contributed by atoms with Crippen molar-refractivity contribution in [2.45, 2.75) is 39.0 Å². The molecule has 1 saturated heterocycles. The van der Waals surface area contributed by atoms with E-state index in [-0.39, 0.29) is 5.91 Å². The van der Waals surface area contributed by atoms with Crippen LogP contribution in [0.1, 0.15) is 54.9 Å². The molecule has 0 radical (unpaired) electrons. The van der Waals surface area contributed by atoms with E-state index >= 15 is 0 Å². The van der Waals surface area contributed by atoms with Crippen LogP contribution in [0.5, 0.6) is 0 Å². The van der Waals surface area contributed by atoms with E-state index in [1.165, 1.54) is 31.5 Å². The number of hydrogen-bond acceptors (Lipinski definition) is 2. The van der Waals surface area contributed by atoms with Crippen LogP contribution in [-0.2, 0) is 0 Å². The first kappa shape index (κ1) is 15.0. The van der Waals surface area contributed by atoms with Crippen molar-refractivity contribution in [2.24, 2.45) is 0 Å². The van der Waals surface area contributed by atoms with Crippen LogP contribution >= 0.6 is 0 Å². The van der Waals surface area contributed by atoms with Crippen LogP contribution in [-0.4, -0.2) is 37.0 Å². The van der Waals surface area contributed by atoms with Gasteiger partial charge in [0, 0.05) is 18.7 Å². The van der Waals surface area contributed by atoms with Gasteiger partial charge in [0.1, 0.15) is 0 Å². The van der Waals surface area contributed by atoms with Gasteiger partial charge in [-0.05, 0) is 56.0 Å². The Balaban J connectivity index is 1.79. The van der Waals surface area contributed by atoms with Crippen molar-refractivity contribution < 1.29 is 4.79 Å². The summed E-state index contributed by atoms with van der Waals surface area (Å²) in [5, 5.41) is 3.01. The molecule has 1 N–H and O–H groups in total. The smallest absolute Gasteiger partial charge is 0.251 e. The van der Waals surface area contributed by atoms with Crippen LogP contribution < -0.4 is 5.32 Å². The second-order valence-corrected chi connectivity index (χ2v) is 5.74. The van der Waals surface area contributed by atoms with E-state index in [0.717, 1.165) is 25.1 Å². The lowest BCUT2D eigenvalue weighted by Gasteiger charge is -2.15. The minimum Gasteiger partial charge on any atom is -0.351 e. The molecule has 1 amide bonds. The number of nitrogens with one attached hydrogen (secondary N) is 1. The number of likely N-dealkylation sites (tertiary alicyclic amines) is 1. The van der Waals surface area contributed by atoms with Gasteiger partial charge >= 0.3 is 0 Å². The van der Waals surface area contributed by atoms with Crippen molar-refractivity contribution in [1.29, 1.82) is 0 Å². The van der Waals surface area contributed by atoms with Gasteiger partial charge in [-0.3, -0.25) is 4.79 Å². The minimum absolute atomic E-state index is 0.0416. The lowest BCUT2D eigenvalue weighted by Crippen LogP contribution is -2.33. The summed E-state index contributed by atoms with van der Waals surface area (Å²) in [6.07, 6.45) is 3.72. The van der Waals surface area contributed by atoms with Gasteiger partial charge < -0.3 is 10.2 Å². The Bertz CT molecular complexity index is 421. The van der Waals surface area contributed by atoms with E-state index in [4.69, 9.17) is 0 Å². The summed E-state index contributed by atoms with van der Waals surface area (Å²) < 4.78 is 0. The third-order valence-corrected chi connectivity index (χ3v) is 4.27.